The largest absolute Gasteiger partial charge is 0.480 e. The molecule has 2 N–H and O–H groups in total. The molecule has 0 aromatic heterocycles. The topological polar surface area (TPSA) is 120 Å². The van der Waals surface area contributed by atoms with Gasteiger partial charge >= 0.3 is 5.97 Å². The lowest BCUT2D eigenvalue weighted by Gasteiger charge is -2.42. The number of nitrogens with zero attached hydrogens (tertiary/aromatic N) is 3. The summed E-state index contributed by atoms with van der Waals surface area (Å²) in [5.74, 6) is -0.856. The van der Waals surface area contributed by atoms with Gasteiger partial charge in [-0.2, -0.15) is 5.26 Å². The summed E-state index contributed by atoms with van der Waals surface area (Å²) in [7, 11) is 0. The van der Waals surface area contributed by atoms with Crippen molar-refractivity contribution in [2.24, 2.45) is 0 Å². The van der Waals surface area contributed by atoms with Gasteiger partial charge in [-0.05, 0) is 31.5 Å². The van der Waals surface area contributed by atoms with E-state index in [1.165, 1.54) is 12.1 Å². The standard InChI is InChI=1S/C15H18N4O4/c1-2-18(9-15(20)21)12-6-11(7-12)17-13-4-3-10(8-16)5-14(13)19(22)23/h3-5,11-12,17H,2,6-7,9H2,1H3,(H,20,21). The molecule has 0 saturated heterocycles. The second kappa shape index (κ2) is 7.07. The predicted molar refractivity (Wildman–Crippen MR) is 83.1 cm³/mol. The molecule has 1 aliphatic rings. The lowest BCUT2D eigenvalue weighted by molar-refractivity contribution is -0.384. The first-order chi connectivity index (χ1) is 10.9. The van der Waals surface area contributed by atoms with Crippen LogP contribution in [-0.2, 0) is 4.79 Å². The minimum atomic E-state index is -0.856. The molecule has 0 spiro atoms. The predicted octanol–water partition coefficient (Wildman–Crippen LogP) is 1.82. The van der Waals surface area contributed by atoms with Crippen LogP contribution in [0.2, 0.25) is 0 Å². The zero-order valence-corrected chi connectivity index (χ0v) is 12.7. The van der Waals surface area contributed by atoms with Crippen molar-refractivity contribution in [3.63, 3.8) is 0 Å². The molecule has 0 heterocycles. The summed E-state index contributed by atoms with van der Waals surface area (Å²) in [6.07, 6.45) is 1.47. The highest BCUT2D eigenvalue weighted by Crippen LogP contribution is 2.32. The smallest absolute Gasteiger partial charge is 0.317 e. The van der Waals surface area contributed by atoms with E-state index in [1.54, 1.807) is 6.07 Å². The third-order valence-electron chi connectivity index (χ3n) is 4.06. The first-order valence-electron chi connectivity index (χ1n) is 7.35. The van der Waals surface area contributed by atoms with Gasteiger partial charge in [0.15, 0.2) is 0 Å². The van der Waals surface area contributed by atoms with Crippen molar-refractivity contribution in [3.8, 4) is 6.07 Å². The van der Waals surface area contributed by atoms with E-state index in [2.05, 4.69) is 5.32 Å². The van der Waals surface area contributed by atoms with Crippen LogP contribution in [0.5, 0.6) is 0 Å². The van der Waals surface area contributed by atoms with E-state index in [-0.39, 0.29) is 29.9 Å². The van der Waals surface area contributed by atoms with Gasteiger partial charge in [0.2, 0.25) is 0 Å². The van der Waals surface area contributed by atoms with Gasteiger partial charge in [0.05, 0.1) is 23.1 Å². The van der Waals surface area contributed by atoms with Gasteiger partial charge in [0, 0.05) is 18.2 Å². The van der Waals surface area contributed by atoms with Crippen molar-refractivity contribution >= 4 is 17.3 Å². The Morgan fingerprint density at radius 2 is 2.26 bits per heavy atom. The van der Waals surface area contributed by atoms with E-state index in [0.717, 1.165) is 12.8 Å². The number of carbonyl (C=O) groups is 1. The van der Waals surface area contributed by atoms with Crippen molar-refractivity contribution in [1.29, 1.82) is 5.26 Å². The number of benzene rings is 1. The molecule has 0 radical (unpaired) electrons. The van der Waals surface area contributed by atoms with Crippen LogP contribution in [0.25, 0.3) is 0 Å². The van der Waals surface area contributed by atoms with Crippen LogP contribution in [0.1, 0.15) is 25.3 Å². The molecule has 8 heteroatoms. The Kier molecular flexibility index (Phi) is 5.13. The summed E-state index contributed by atoms with van der Waals surface area (Å²) in [5, 5.41) is 31.9. The monoisotopic (exact) mass is 318 g/mol. The second-order valence-corrected chi connectivity index (χ2v) is 5.52. The van der Waals surface area contributed by atoms with E-state index in [1.807, 2.05) is 17.9 Å². The molecule has 0 unspecified atom stereocenters. The van der Waals surface area contributed by atoms with Gasteiger partial charge < -0.3 is 10.4 Å². The highest BCUT2D eigenvalue weighted by Gasteiger charge is 2.34. The quantitative estimate of drug-likeness (QED) is 0.581. The van der Waals surface area contributed by atoms with Gasteiger partial charge in [-0.25, -0.2) is 0 Å². The normalized spacial score (nSPS) is 19.7. The minimum absolute atomic E-state index is 0.00486. The summed E-state index contributed by atoms with van der Waals surface area (Å²) in [5.41, 5.74) is 0.511. The first kappa shape index (κ1) is 16.7. The number of nitro groups is 1. The van der Waals surface area contributed by atoms with Gasteiger partial charge in [-0.3, -0.25) is 19.8 Å². The molecule has 122 valence electrons. The van der Waals surface area contributed by atoms with E-state index < -0.39 is 10.9 Å². The highest BCUT2D eigenvalue weighted by molar-refractivity contribution is 5.69. The zero-order valence-electron chi connectivity index (χ0n) is 12.7. The molecule has 1 aromatic carbocycles. The second-order valence-electron chi connectivity index (χ2n) is 5.52. The number of carboxylic acids is 1. The van der Waals surface area contributed by atoms with Crippen molar-refractivity contribution in [2.75, 3.05) is 18.4 Å². The Hall–Kier alpha value is -2.66. The molecule has 1 aliphatic carbocycles. The number of rotatable bonds is 7. The average Bonchev–Trinajstić information content (AvgIpc) is 2.48. The summed E-state index contributed by atoms with van der Waals surface area (Å²) in [6.45, 7) is 2.57. The van der Waals surface area contributed by atoms with Crippen molar-refractivity contribution < 1.29 is 14.8 Å². The molecule has 8 nitrogen and oxygen atoms in total. The molecule has 0 atom stereocenters. The Bertz CT molecular complexity index is 649. The van der Waals surface area contributed by atoms with Crippen molar-refractivity contribution in [2.45, 2.75) is 31.8 Å². The molecule has 2 rings (SSSR count). The van der Waals surface area contributed by atoms with E-state index in [9.17, 15) is 14.9 Å². The van der Waals surface area contributed by atoms with Crippen LogP contribution >= 0.6 is 0 Å². The fourth-order valence-corrected chi connectivity index (χ4v) is 2.77. The van der Waals surface area contributed by atoms with Gasteiger partial charge in [0.25, 0.3) is 5.69 Å². The van der Waals surface area contributed by atoms with Gasteiger partial charge in [-0.15, -0.1) is 0 Å². The third kappa shape index (κ3) is 3.96. The van der Waals surface area contributed by atoms with Gasteiger partial charge in [-0.1, -0.05) is 6.92 Å². The molecule has 0 bridgehead atoms. The number of likely N-dealkylation sites (N-methyl/N-ethyl adjacent to an activating group) is 1. The Morgan fingerprint density at radius 1 is 1.57 bits per heavy atom. The van der Waals surface area contributed by atoms with Crippen LogP contribution < -0.4 is 5.32 Å². The van der Waals surface area contributed by atoms with Crippen LogP contribution in [0, 0.1) is 21.4 Å². The summed E-state index contributed by atoms with van der Waals surface area (Å²) in [6, 6.07) is 6.45. The molecule has 1 aromatic rings. The first-order valence-corrected chi connectivity index (χ1v) is 7.35. The molecule has 0 amide bonds. The maximum Gasteiger partial charge on any atom is 0.317 e. The minimum Gasteiger partial charge on any atom is -0.480 e. The molecule has 0 aliphatic heterocycles. The number of hydrogen-bond acceptors (Lipinski definition) is 6. The number of nitrogens with one attached hydrogen (secondary N) is 1. The zero-order chi connectivity index (χ0) is 17.0. The maximum absolute atomic E-state index is 11.1. The van der Waals surface area contributed by atoms with Gasteiger partial charge in [0.1, 0.15) is 5.69 Å². The molecular formula is C15H18N4O4. The summed E-state index contributed by atoms with van der Waals surface area (Å²) >= 11 is 0. The van der Waals surface area contributed by atoms with Crippen LogP contribution in [0.3, 0.4) is 0 Å². The number of carboxylic acid groups (broad SMARTS) is 1. The molecule has 23 heavy (non-hydrogen) atoms. The summed E-state index contributed by atoms with van der Waals surface area (Å²) in [4.78, 5) is 23.3. The van der Waals surface area contributed by atoms with E-state index in [0.29, 0.717) is 12.2 Å². The fraction of sp³-hybridized carbons (Fsp3) is 0.467. The summed E-state index contributed by atoms with van der Waals surface area (Å²) < 4.78 is 0. The highest BCUT2D eigenvalue weighted by atomic mass is 16.6. The maximum atomic E-state index is 11.1. The van der Waals surface area contributed by atoms with Crippen LogP contribution in [0.4, 0.5) is 11.4 Å². The average molecular weight is 318 g/mol. The van der Waals surface area contributed by atoms with Crippen molar-refractivity contribution in [3.05, 3.63) is 33.9 Å². The Balaban J connectivity index is 1.99. The fourth-order valence-electron chi connectivity index (χ4n) is 2.77. The van der Waals surface area contributed by atoms with E-state index in [4.69, 9.17) is 10.4 Å². The van der Waals surface area contributed by atoms with Crippen LogP contribution in [0.15, 0.2) is 18.2 Å². The van der Waals surface area contributed by atoms with Crippen molar-refractivity contribution in [1.82, 2.24) is 4.90 Å². The third-order valence-corrected chi connectivity index (χ3v) is 4.06. The lowest BCUT2D eigenvalue weighted by Crippen LogP contribution is -2.51. The Labute approximate surface area is 133 Å². The number of hydrogen-bond donors (Lipinski definition) is 2. The Morgan fingerprint density at radius 3 is 2.78 bits per heavy atom. The van der Waals surface area contributed by atoms with E-state index >= 15 is 0 Å². The lowest BCUT2D eigenvalue weighted by atomic mass is 9.85. The number of aliphatic carboxylic acids is 1. The number of anilines is 1. The van der Waals surface area contributed by atoms with Crippen LogP contribution in [-0.4, -0.2) is 46.1 Å². The molecule has 1 fully saturated rings. The molecular weight excluding hydrogens is 300 g/mol. The molecule has 1 saturated carbocycles. The number of nitriles is 1. The number of nitro benzene ring substituents is 1. The SMILES string of the molecule is CCN(CC(=O)O)C1CC(Nc2ccc(C#N)cc2[N+](=O)[O-])C1.